The fraction of sp³-hybridized carbons (Fsp3) is 0.429. The predicted molar refractivity (Wildman–Crippen MR) is 66.9 cm³/mol. The quantitative estimate of drug-likeness (QED) is 0.553. The van der Waals surface area contributed by atoms with Crippen LogP contribution in [0.1, 0.15) is 25.0 Å². The lowest BCUT2D eigenvalue weighted by atomic mass is 10.0. The zero-order chi connectivity index (χ0) is 11.1. The molecule has 0 heterocycles. The highest BCUT2D eigenvalue weighted by Gasteiger charge is 1.97. The van der Waals surface area contributed by atoms with E-state index >= 15 is 0 Å². The Morgan fingerprint density at radius 1 is 1.20 bits per heavy atom. The van der Waals surface area contributed by atoms with Crippen molar-refractivity contribution in [3.05, 3.63) is 48.0 Å². The molecule has 1 heteroatoms. The Kier molecular flexibility index (Phi) is 5.13. The molecule has 1 rings (SSSR count). The maximum absolute atomic E-state index is 3.68. The van der Waals surface area contributed by atoms with Gasteiger partial charge in [0.1, 0.15) is 0 Å². The molecule has 1 aromatic carbocycles. The molecule has 0 spiro atoms. The van der Waals surface area contributed by atoms with E-state index in [1.54, 1.807) is 0 Å². The standard InChI is InChI=1S/C14H21N/c1-4-9-15-11-14-7-5-13(6-8-14)10-12(2)3/h4-8,12,15H,1,9-11H2,2-3H3. The average Bonchev–Trinajstić information content (AvgIpc) is 2.20. The predicted octanol–water partition coefficient (Wildman–Crippen LogP) is 3.16. The molecule has 0 saturated carbocycles. The van der Waals surface area contributed by atoms with Gasteiger partial charge in [-0.2, -0.15) is 0 Å². The third-order valence-electron chi connectivity index (χ3n) is 2.28. The van der Waals surface area contributed by atoms with E-state index in [4.69, 9.17) is 0 Å². The first kappa shape index (κ1) is 12.0. The summed E-state index contributed by atoms with van der Waals surface area (Å²) in [7, 11) is 0. The van der Waals surface area contributed by atoms with E-state index in [-0.39, 0.29) is 0 Å². The maximum atomic E-state index is 3.68. The van der Waals surface area contributed by atoms with Crippen LogP contribution in [0.5, 0.6) is 0 Å². The summed E-state index contributed by atoms with van der Waals surface area (Å²) in [5.74, 6) is 0.731. The highest BCUT2D eigenvalue weighted by molar-refractivity contribution is 5.22. The Balaban J connectivity index is 2.45. The monoisotopic (exact) mass is 203 g/mol. The highest BCUT2D eigenvalue weighted by Crippen LogP contribution is 2.09. The molecule has 15 heavy (non-hydrogen) atoms. The lowest BCUT2D eigenvalue weighted by Gasteiger charge is -2.06. The number of hydrogen-bond acceptors (Lipinski definition) is 1. The fourth-order valence-corrected chi connectivity index (χ4v) is 1.58. The van der Waals surface area contributed by atoms with Crippen molar-refractivity contribution in [1.82, 2.24) is 5.32 Å². The Hall–Kier alpha value is -1.08. The third kappa shape index (κ3) is 4.80. The molecular weight excluding hydrogens is 182 g/mol. The van der Waals surface area contributed by atoms with Gasteiger partial charge in [-0.1, -0.05) is 44.2 Å². The van der Waals surface area contributed by atoms with E-state index in [0.29, 0.717) is 0 Å². The van der Waals surface area contributed by atoms with E-state index in [2.05, 4.69) is 50.0 Å². The minimum absolute atomic E-state index is 0.731. The molecule has 0 amide bonds. The van der Waals surface area contributed by atoms with E-state index in [9.17, 15) is 0 Å². The van der Waals surface area contributed by atoms with Gasteiger partial charge in [0.2, 0.25) is 0 Å². The van der Waals surface area contributed by atoms with E-state index < -0.39 is 0 Å². The van der Waals surface area contributed by atoms with Crippen LogP contribution in [0.25, 0.3) is 0 Å². The summed E-state index contributed by atoms with van der Waals surface area (Å²) in [6.07, 6.45) is 3.05. The Labute approximate surface area is 93.2 Å². The average molecular weight is 203 g/mol. The second-order valence-corrected chi connectivity index (χ2v) is 4.33. The SMILES string of the molecule is C=CCNCc1ccc(CC(C)C)cc1. The van der Waals surface area contributed by atoms with Crippen molar-refractivity contribution in [2.75, 3.05) is 6.54 Å². The summed E-state index contributed by atoms with van der Waals surface area (Å²) >= 11 is 0. The van der Waals surface area contributed by atoms with E-state index in [0.717, 1.165) is 19.0 Å². The second-order valence-electron chi connectivity index (χ2n) is 4.33. The summed E-state index contributed by atoms with van der Waals surface area (Å²) in [5, 5.41) is 3.29. The molecule has 0 bridgehead atoms. The summed E-state index contributed by atoms with van der Waals surface area (Å²) < 4.78 is 0. The van der Waals surface area contributed by atoms with Gasteiger partial charge in [-0.3, -0.25) is 0 Å². The molecule has 0 radical (unpaired) electrons. The van der Waals surface area contributed by atoms with Gasteiger partial charge in [0.05, 0.1) is 0 Å². The second kappa shape index (κ2) is 6.41. The van der Waals surface area contributed by atoms with Crippen LogP contribution in [-0.4, -0.2) is 6.54 Å². The van der Waals surface area contributed by atoms with Gasteiger partial charge >= 0.3 is 0 Å². The highest BCUT2D eigenvalue weighted by atomic mass is 14.8. The first-order valence-corrected chi connectivity index (χ1v) is 5.62. The zero-order valence-electron chi connectivity index (χ0n) is 9.79. The maximum Gasteiger partial charge on any atom is 0.0208 e. The molecule has 0 aliphatic rings. The molecule has 0 atom stereocenters. The molecule has 0 aliphatic heterocycles. The molecule has 0 fully saturated rings. The Morgan fingerprint density at radius 3 is 2.33 bits per heavy atom. The number of benzene rings is 1. The fourth-order valence-electron chi connectivity index (χ4n) is 1.58. The number of rotatable bonds is 6. The van der Waals surface area contributed by atoms with Gasteiger partial charge in [-0.05, 0) is 23.5 Å². The molecule has 1 nitrogen and oxygen atoms in total. The minimum Gasteiger partial charge on any atom is -0.309 e. The van der Waals surface area contributed by atoms with Crippen molar-refractivity contribution in [3.63, 3.8) is 0 Å². The molecule has 1 aromatic rings. The zero-order valence-corrected chi connectivity index (χ0v) is 9.79. The first-order valence-electron chi connectivity index (χ1n) is 5.62. The largest absolute Gasteiger partial charge is 0.309 e. The van der Waals surface area contributed by atoms with Gasteiger partial charge in [0.15, 0.2) is 0 Å². The number of nitrogens with one attached hydrogen (secondary N) is 1. The van der Waals surface area contributed by atoms with Gasteiger partial charge in [-0.15, -0.1) is 6.58 Å². The van der Waals surface area contributed by atoms with Crippen molar-refractivity contribution in [3.8, 4) is 0 Å². The van der Waals surface area contributed by atoms with Crippen LogP contribution < -0.4 is 5.32 Å². The van der Waals surface area contributed by atoms with Crippen LogP contribution >= 0.6 is 0 Å². The van der Waals surface area contributed by atoms with Gasteiger partial charge in [0, 0.05) is 13.1 Å². The van der Waals surface area contributed by atoms with Crippen molar-refractivity contribution in [2.24, 2.45) is 5.92 Å². The lowest BCUT2D eigenvalue weighted by Crippen LogP contribution is -2.12. The van der Waals surface area contributed by atoms with Crippen LogP contribution in [-0.2, 0) is 13.0 Å². The molecule has 0 saturated heterocycles. The molecule has 0 unspecified atom stereocenters. The van der Waals surface area contributed by atoms with Gasteiger partial charge in [0.25, 0.3) is 0 Å². The normalized spacial score (nSPS) is 10.6. The van der Waals surface area contributed by atoms with Crippen molar-refractivity contribution < 1.29 is 0 Å². The Bertz CT molecular complexity index is 285. The summed E-state index contributed by atoms with van der Waals surface area (Å²) in [5.41, 5.74) is 2.77. The molecule has 0 aliphatic carbocycles. The third-order valence-corrected chi connectivity index (χ3v) is 2.28. The molecule has 82 valence electrons. The molecule has 1 N–H and O–H groups in total. The lowest BCUT2D eigenvalue weighted by molar-refractivity contribution is 0.647. The van der Waals surface area contributed by atoms with Gasteiger partial charge in [-0.25, -0.2) is 0 Å². The van der Waals surface area contributed by atoms with Crippen molar-refractivity contribution in [1.29, 1.82) is 0 Å². The summed E-state index contributed by atoms with van der Waals surface area (Å²) in [6, 6.07) is 8.86. The molecular formula is C14H21N. The van der Waals surface area contributed by atoms with Crippen LogP contribution in [0.3, 0.4) is 0 Å². The summed E-state index contributed by atoms with van der Waals surface area (Å²) in [6.45, 7) is 9.97. The van der Waals surface area contributed by atoms with Crippen molar-refractivity contribution >= 4 is 0 Å². The topological polar surface area (TPSA) is 12.0 Å². The minimum atomic E-state index is 0.731. The number of hydrogen-bond donors (Lipinski definition) is 1. The Morgan fingerprint density at radius 2 is 1.80 bits per heavy atom. The van der Waals surface area contributed by atoms with Crippen LogP contribution in [0.2, 0.25) is 0 Å². The van der Waals surface area contributed by atoms with Crippen LogP contribution in [0.4, 0.5) is 0 Å². The van der Waals surface area contributed by atoms with Gasteiger partial charge < -0.3 is 5.32 Å². The van der Waals surface area contributed by atoms with E-state index in [1.165, 1.54) is 17.5 Å². The van der Waals surface area contributed by atoms with Crippen LogP contribution in [0.15, 0.2) is 36.9 Å². The van der Waals surface area contributed by atoms with Crippen molar-refractivity contribution in [2.45, 2.75) is 26.8 Å². The molecule has 0 aromatic heterocycles. The summed E-state index contributed by atoms with van der Waals surface area (Å²) in [4.78, 5) is 0. The smallest absolute Gasteiger partial charge is 0.0208 e. The van der Waals surface area contributed by atoms with Crippen LogP contribution in [0, 0.1) is 5.92 Å². The first-order chi connectivity index (χ1) is 7.22. The van der Waals surface area contributed by atoms with E-state index in [1.807, 2.05) is 6.08 Å².